The minimum absolute atomic E-state index is 1.32. The maximum Gasteiger partial charge on any atom is -0.00759 e. The Morgan fingerprint density at radius 3 is 1.40 bits per heavy atom. The van der Waals surface area contributed by atoms with Crippen LogP contribution >= 0.6 is 0 Å². The molecule has 4 aromatic rings. The van der Waals surface area contributed by atoms with Gasteiger partial charge in [-0.3, -0.25) is 0 Å². The van der Waals surface area contributed by atoms with Crippen molar-refractivity contribution in [3.63, 3.8) is 0 Å². The molecule has 0 aliphatic rings. The van der Waals surface area contributed by atoms with Gasteiger partial charge in [-0.15, -0.1) is 0 Å². The molecule has 0 aliphatic heterocycles. The van der Waals surface area contributed by atoms with Gasteiger partial charge in [0.25, 0.3) is 0 Å². The van der Waals surface area contributed by atoms with Crippen LogP contribution in [0.15, 0.2) is 60.7 Å². The summed E-state index contributed by atoms with van der Waals surface area (Å²) >= 11 is 0. The van der Waals surface area contributed by atoms with Crippen molar-refractivity contribution in [1.29, 1.82) is 0 Å². The van der Waals surface area contributed by atoms with Crippen molar-refractivity contribution in [2.45, 2.75) is 13.8 Å². The first-order valence-electron chi connectivity index (χ1n) is 7.06. The summed E-state index contributed by atoms with van der Waals surface area (Å²) in [6, 6.07) is 22.1. The Morgan fingerprint density at radius 2 is 0.950 bits per heavy atom. The third-order valence-corrected chi connectivity index (χ3v) is 4.30. The highest BCUT2D eigenvalue weighted by atomic mass is 14.1. The van der Waals surface area contributed by atoms with Crippen molar-refractivity contribution in [3.8, 4) is 0 Å². The van der Waals surface area contributed by atoms with Gasteiger partial charge in [-0.25, -0.2) is 0 Å². The Morgan fingerprint density at radius 1 is 0.500 bits per heavy atom. The molecule has 0 heterocycles. The lowest BCUT2D eigenvalue weighted by molar-refractivity contribution is 1.53. The molecule has 0 bridgehead atoms. The summed E-state index contributed by atoms with van der Waals surface area (Å²) in [7, 11) is 0. The van der Waals surface area contributed by atoms with E-state index in [2.05, 4.69) is 74.5 Å². The Bertz CT molecular complexity index is 881. The van der Waals surface area contributed by atoms with E-state index >= 15 is 0 Å². The first kappa shape index (κ1) is 11.5. The number of rotatable bonds is 0. The topological polar surface area (TPSA) is 0 Å². The quantitative estimate of drug-likeness (QED) is 0.351. The van der Waals surface area contributed by atoms with Crippen molar-refractivity contribution in [1.82, 2.24) is 0 Å². The van der Waals surface area contributed by atoms with Crippen LogP contribution < -0.4 is 0 Å². The molecule has 4 rings (SSSR count). The summed E-state index contributed by atoms with van der Waals surface area (Å²) in [6.45, 7) is 4.40. The SMILES string of the molecule is Cc1cccc2ccc3c(ccc4cccc(C)c43)c12. The van der Waals surface area contributed by atoms with Gasteiger partial charge in [-0.1, -0.05) is 60.7 Å². The van der Waals surface area contributed by atoms with E-state index in [9.17, 15) is 0 Å². The molecular formula is C20H16. The van der Waals surface area contributed by atoms with Crippen LogP contribution in [0, 0.1) is 13.8 Å². The first-order valence-corrected chi connectivity index (χ1v) is 7.06. The Kier molecular flexibility index (Phi) is 2.34. The number of aryl methyl sites for hydroxylation is 2. The molecule has 4 aromatic carbocycles. The van der Waals surface area contributed by atoms with Crippen LogP contribution in [-0.4, -0.2) is 0 Å². The molecule has 0 unspecified atom stereocenters. The zero-order chi connectivity index (χ0) is 13.7. The van der Waals surface area contributed by atoms with E-state index in [1.54, 1.807) is 0 Å². The van der Waals surface area contributed by atoms with E-state index < -0.39 is 0 Å². The maximum atomic E-state index is 2.27. The molecule has 0 amide bonds. The minimum Gasteiger partial charge on any atom is -0.0614 e. The molecule has 0 atom stereocenters. The fourth-order valence-electron chi connectivity index (χ4n) is 3.36. The highest BCUT2D eigenvalue weighted by Gasteiger charge is 2.07. The van der Waals surface area contributed by atoms with Gasteiger partial charge in [0, 0.05) is 0 Å². The Hall–Kier alpha value is -2.34. The third-order valence-electron chi connectivity index (χ3n) is 4.30. The van der Waals surface area contributed by atoms with E-state index in [0.717, 1.165) is 0 Å². The van der Waals surface area contributed by atoms with Gasteiger partial charge in [0.2, 0.25) is 0 Å². The molecule has 0 saturated carbocycles. The lowest BCUT2D eigenvalue weighted by atomic mass is 9.93. The van der Waals surface area contributed by atoms with E-state index in [4.69, 9.17) is 0 Å². The molecular weight excluding hydrogens is 240 g/mol. The van der Waals surface area contributed by atoms with Gasteiger partial charge in [0.15, 0.2) is 0 Å². The van der Waals surface area contributed by atoms with Gasteiger partial charge in [-0.05, 0) is 57.3 Å². The fourth-order valence-corrected chi connectivity index (χ4v) is 3.36. The smallest absolute Gasteiger partial charge is 0.00759 e. The van der Waals surface area contributed by atoms with E-state index in [1.807, 2.05) is 0 Å². The summed E-state index contributed by atoms with van der Waals surface area (Å²) in [5.74, 6) is 0. The summed E-state index contributed by atoms with van der Waals surface area (Å²) in [5.41, 5.74) is 2.70. The van der Waals surface area contributed by atoms with Crippen LogP contribution in [0.2, 0.25) is 0 Å². The maximum absolute atomic E-state index is 2.27. The molecule has 20 heavy (non-hydrogen) atoms. The molecule has 0 heteroatoms. The van der Waals surface area contributed by atoms with Crippen LogP contribution in [0.5, 0.6) is 0 Å². The number of hydrogen-bond donors (Lipinski definition) is 0. The minimum atomic E-state index is 1.32. The molecule has 0 fully saturated rings. The highest BCUT2D eigenvalue weighted by molar-refractivity contribution is 6.18. The predicted octanol–water partition coefficient (Wildman–Crippen LogP) is 5.76. The molecule has 0 aromatic heterocycles. The number of fused-ring (bicyclic) bond motifs is 5. The van der Waals surface area contributed by atoms with Crippen molar-refractivity contribution < 1.29 is 0 Å². The van der Waals surface area contributed by atoms with Crippen LogP contribution in [0.3, 0.4) is 0 Å². The van der Waals surface area contributed by atoms with E-state index in [1.165, 1.54) is 43.4 Å². The monoisotopic (exact) mass is 256 g/mol. The molecule has 0 nitrogen and oxygen atoms in total. The van der Waals surface area contributed by atoms with Crippen LogP contribution in [0.4, 0.5) is 0 Å². The third kappa shape index (κ3) is 1.48. The second-order valence-electron chi connectivity index (χ2n) is 5.57. The molecule has 0 aliphatic carbocycles. The Labute approximate surface area is 118 Å². The second kappa shape index (κ2) is 4.08. The predicted molar refractivity (Wildman–Crippen MR) is 88.4 cm³/mol. The van der Waals surface area contributed by atoms with Crippen LogP contribution in [0.1, 0.15) is 11.1 Å². The van der Waals surface area contributed by atoms with Crippen molar-refractivity contribution in [3.05, 3.63) is 71.8 Å². The van der Waals surface area contributed by atoms with Crippen molar-refractivity contribution in [2.75, 3.05) is 0 Å². The van der Waals surface area contributed by atoms with Crippen LogP contribution in [-0.2, 0) is 0 Å². The van der Waals surface area contributed by atoms with E-state index in [0.29, 0.717) is 0 Å². The van der Waals surface area contributed by atoms with Gasteiger partial charge >= 0.3 is 0 Å². The summed E-state index contributed by atoms with van der Waals surface area (Å²) in [4.78, 5) is 0. The summed E-state index contributed by atoms with van der Waals surface area (Å²) in [6.07, 6.45) is 0. The molecule has 0 radical (unpaired) electrons. The average molecular weight is 256 g/mol. The van der Waals surface area contributed by atoms with E-state index in [-0.39, 0.29) is 0 Å². The number of benzene rings is 4. The summed E-state index contributed by atoms with van der Waals surface area (Å²) < 4.78 is 0. The lowest BCUT2D eigenvalue weighted by Gasteiger charge is -2.11. The zero-order valence-electron chi connectivity index (χ0n) is 11.8. The largest absolute Gasteiger partial charge is 0.0614 e. The average Bonchev–Trinajstić information content (AvgIpc) is 2.47. The Balaban J connectivity index is 2.34. The highest BCUT2D eigenvalue weighted by Crippen LogP contribution is 2.34. The fraction of sp³-hybridized carbons (Fsp3) is 0.100. The number of hydrogen-bond acceptors (Lipinski definition) is 0. The lowest BCUT2D eigenvalue weighted by Crippen LogP contribution is -1.85. The van der Waals surface area contributed by atoms with Crippen LogP contribution in [0.25, 0.3) is 32.3 Å². The van der Waals surface area contributed by atoms with Gasteiger partial charge in [-0.2, -0.15) is 0 Å². The van der Waals surface area contributed by atoms with Gasteiger partial charge < -0.3 is 0 Å². The van der Waals surface area contributed by atoms with Gasteiger partial charge in [0.05, 0.1) is 0 Å². The molecule has 0 N–H and O–H groups in total. The first-order chi connectivity index (χ1) is 9.75. The molecule has 0 saturated heterocycles. The van der Waals surface area contributed by atoms with Gasteiger partial charge in [0.1, 0.15) is 0 Å². The molecule has 0 spiro atoms. The van der Waals surface area contributed by atoms with Crippen molar-refractivity contribution >= 4 is 32.3 Å². The standard InChI is InChI=1S/C20H16/c1-13-5-3-7-15-9-12-18-17(19(13)15)11-10-16-8-4-6-14(2)20(16)18/h3-12H,1-2H3. The summed E-state index contributed by atoms with van der Waals surface area (Å²) in [5, 5.41) is 8.14. The zero-order valence-corrected chi connectivity index (χ0v) is 11.8. The molecule has 96 valence electrons. The normalized spacial score (nSPS) is 11.5. The van der Waals surface area contributed by atoms with Crippen molar-refractivity contribution in [2.24, 2.45) is 0 Å². The second-order valence-corrected chi connectivity index (χ2v) is 5.57.